The summed E-state index contributed by atoms with van der Waals surface area (Å²) in [5, 5.41) is 2.77. The first kappa shape index (κ1) is 11.7. The van der Waals surface area contributed by atoms with Crippen molar-refractivity contribution in [2.24, 2.45) is 5.73 Å². The third kappa shape index (κ3) is 4.56. The van der Waals surface area contributed by atoms with Crippen molar-refractivity contribution in [1.82, 2.24) is 0 Å². The Hall–Kier alpha value is -1.42. The second-order valence-electron chi connectivity index (χ2n) is 3.38. The third-order valence-corrected chi connectivity index (χ3v) is 2.14. The molecule has 3 N–H and O–H groups in total. The Bertz CT molecular complexity index is 359. The highest BCUT2D eigenvalue weighted by Gasteiger charge is 2.02. The number of amides is 1. The van der Waals surface area contributed by atoms with Crippen molar-refractivity contribution < 1.29 is 4.79 Å². The predicted octanol–water partition coefficient (Wildman–Crippen LogP) is 2.00. The lowest BCUT2D eigenvalue weighted by atomic mass is 10.2. The lowest BCUT2D eigenvalue weighted by molar-refractivity contribution is -0.116. The molecule has 0 heterocycles. The fourth-order valence-electron chi connectivity index (χ4n) is 1.10. The van der Waals surface area contributed by atoms with Gasteiger partial charge in [-0.2, -0.15) is 0 Å². The van der Waals surface area contributed by atoms with Gasteiger partial charge in [-0.3, -0.25) is 4.79 Å². The van der Waals surface area contributed by atoms with Crippen molar-refractivity contribution in [2.75, 3.05) is 5.32 Å². The van der Waals surface area contributed by atoms with Crippen LogP contribution in [-0.4, -0.2) is 10.9 Å². The zero-order valence-corrected chi connectivity index (χ0v) is 9.43. The first-order chi connectivity index (χ1) is 7.08. The number of nitrogens with two attached hydrogens (primary N) is 1. The van der Waals surface area contributed by atoms with Gasteiger partial charge in [-0.25, -0.2) is 0 Å². The summed E-state index contributed by atoms with van der Waals surface area (Å²) in [6.07, 6.45) is 0.788. The van der Waals surface area contributed by atoms with E-state index in [1.54, 1.807) is 0 Å². The van der Waals surface area contributed by atoms with Crippen molar-refractivity contribution in [2.45, 2.75) is 19.8 Å². The number of aryl methyl sites for hydroxylation is 1. The largest absolute Gasteiger partial charge is 0.393 e. The second-order valence-corrected chi connectivity index (χ2v) is 3.90. The number of anilines is 1. The number of hydrogen-bond donors (Lipinski definition) is 2. The van der Waals surface area contributed by atoms with Gasteiger partial charge in [-0.05, 0) is 19.1 Å². The molecule has 0 aliphatic heterocycles. The molecular formula is C11H14N2OS. The van der Waals surface area contributed by atoms with Crippen LogP contribution >= 0.6 is 12.2 Å². The summed E-state index contributed by atoms with van der Waals surface area (Å²) in [4.78, 5) is 11.7. The average molecular weight is 222 g/mol. The van der Waals surface area contributed by atoms with Crippen molar-refractivity contribution in [3.05, 3.63) is 29.8 Å². The lowest BCUT2D eigenvalue weighted by Gasteiger charge is -2.04. The molecule has 0 aliphatic rings. The van der Waals surface area contributed by atoms with Gasteiger partial charge in [-0.1, -0.05) is 29.9 Å². The van der Waals surface area contributed by atoms with E-state index >= 15 is 0 Å². The Kier molecular flexibility index (Phi) is 4.24. The van der Waals surface area contributed by atoms with Gasteiger partial charge in [-0.15, -0.1) is 0 Å². The van der Waals surface area contributed by atoms with E-state index in [1.165, 1.54) is 0 Å². The van der Waals surface area contributed by atoms with Gasteiger partial charge < -0.3 is 11.1 Å². The minimum absolute atomic E-state index is 0.0633. The Labute approximate surface area is 94.7 Å². The molecule has 0 aromatic heterocycles. The Morgan fingerprint density at radius 1 is 1.33 bits per heavy atom. The van der Waals surface area contributed by atoms with Crippen LogP contribution in [0.4, 0.5) is 5.69 Å². The van der Waals surface area contributed by atoms with Crippen LogP contribution in [0.5, 0.6) is 0 Å². The van der Waals surface area contributed by atoms with Crippen molar-refractivity contribution in [3.8, 4) is 0 Å². The maximum atomic E-state index is 11.4. The third-order valence-electron chi connectivity index (χ3n) is 1.93. The van der Waals surface area contributed by atoms with Gasteiger partial charge in [0.1, 0.15) is 0 Å². The van der Waals surface area contributed by atoms with Crippen LogP contribution in [0.3, 0.4) is 0 Å². The quantitative estimate of drug-likeness (QED) is 0.766. The van der Waals surface area contributed by atoms with Gasteiger partial charge in [0.05, 0.1) is 4.99 Å². The van der Waals surface area contributed by atoms with Crippen LogP contribution in [0.2, 0.25) is 0 Å². The molecule has 0 bridgehead atoms. The summed E-state index contributed by atoms with van der Waals surface area (Å²) < 4.78 is 0. The van der Waals surface area contributed by atoms with E-state index in [0.29, 0.717) is 17.8 Å². The fourth-order valence-corrected chi connectivity index (χ4v) is 1.20. The lowest BCUT2D eigenvalue weighted by Crippen LogP contribution is -2.15. The van der Waals surface area contributed by atoms with Gasteiger partial charge >= 0.3 is 0 Å². The standard InChI is InChI=1S/C11H14N2OS/c1-8-2-4-9(5-3-8)13-11(14)7-6-10(12)15/h2-5H,6-7H2,1H3,(H2,12,15)(H,13,14). The number of hydrogen-bond acceptors (Lipinski definition) is 2. The second kappa shape index (κ2) is 5.46. The van der Waals surface area contributed by atoms with E-state index in [2.05, 4.69) is 5.32 Å². The smallest absolute Gasteiger partial charge is 0.224 e. The van der Waals surface area contributed by atoms with Crippen LogP contribution in [0.25, 0.3) is 0 Å². The van der Waals surface area contributed by atoms with Gasteiger partial charge in [0.2, 0.25) is 5.91 Å². The van der Waals surface area contributed by atoms with E-state index < -0.39 is 0 Å². The number of thiocarbonyl (C=S) groups is 1. The molecule has 0 aliphatic carbocycles. The molecule has 0 radical (unpaired) electrons. The van der Waals surface area contributed by atoms with E-state index in [-0.39, 0.29) is 5.91 Å². The minimum atomic E-state index is -0.0633. The molecule has 80 valence electrons. The number of carbonyl (C=O) groups excluding carboxylic acids is 1. The Morgan fingerprint density at radius 3 is 2.47 bits per heavy atom. The summed E-state index contributed by atoms with van der Waals surface area (Å²) in [5.74, 6) is -0.0633. The summed E-state index contributed by atoms with van der Waals surface area (Å²) in [6, 6.07) is 7.63. The van der Waals surface area contributed by atoms with Crippen molar-refractivity contribution in [3.63, 3.8) is 0 Å². The number of benzene rings is 1. The summed E-state index contributed by atoms with van der Waals surface area (Å²) in [7, 11) is 0. The monoisotopic (exact) mass is 222 g/mol. The normalized spacial score (nSPS) is 9.67. The van der Waals surface area contributed by atoms with Gasteiger partial charge in [0.25, 0.3) is 0 Å². The molecule has 1 amide bonds. The van der Waals surface area contributed by atoms with Crippen molar-refractivity contribution >= 4 is 28.8 Å². The zero-order chi connectivity index (χ0) is 11.3. The average Bonchev–Trinajstić information content (AvgIpc) is 2.19. The molecule has 1 rings (SSSR count). The highest BCUT2D eigenvalue weighted by Crippen LogP contribution is 2.09. The molecule has 0 saturated heterocycles. The summed E-state index contributed by atoms with van der Waals surface area (Å²) >= 11 is 4.69. The molecule has 1 aromatic rings. The topological polar surface area (TPSA) is 55.1 Å². The molecule has 0 unspecified atom stereocenters. The Balaban J connectivity index is 2.44. The first-order valence-electron chi connectivity index (χ1n) is 4.73. The maximum absolute atomic E-state index is 11.4. The van der Waals surface area contributed by atoms with E-state index in [1.807, 2.05) is 31.2 Å². The molecule has 4 heteroatoms. The highest BCUT2D eigenvalue weighted by molar-refractivity contribution is 7.80. The number of rotatable bonds is 4. The van der Waals surface area contributed by atoms with Gasteiger partial charge in [0, 0.05) is 18.5 Å². The molecule has 0 atom stereocenters. The molecule has 0 saturated carbocycles. The number of carbonyl (C=O) groups is 1. The van der Waals surface area contributed by atoms with Gasteiger partial charge in [0.15, 0.2) is 0 Å². The summed E-state index contributed by atoms with van der Waals surface area (Å²) in [5.41, 5.74) is 7.27. The zero-order valence-electron chi connectivity index (χ0n) is 8.62. The predicted molar refractivity (Wildman–Crippen MR) is 65.8 cm³/mol. The van der Waals surface area contributed by atoms with E-state index in [0.717, 1.165) is 11.3 Å². The van der Waals surface area contributed by atoms with Crippen LogP contribution < -0.4 is 11.1 Å². The van der Waals surface area contributed by atoms with E-state index in [9.17, 15) is 4.79 Å². The number of nitrogens with one attached hydrogen (secondary N) is 1. The minimum Gasteiger partial charge on any atom is -0.393 e. The molecule has 3 nitrogen and oxygen atoms in total. The van der Waals surface area contributed by atoms with E-state index in [4.69, 9.17) is 18.0 Å². The maximum Gasteiger partial charge on any atom is 0.224 e. The van der Waals surface area contributed by atoms with Crippen molar-refractivity contribution in [1.29, 1.82) is 0 Å². The van der Waals surface area contributed by atoms with Crippen LogP contribution in [0.15, 0.2) is 24.3 Å². The molecule has 0 fully saturated rings. The van der Waals surface area contributed by atoms with Crippen LogP contribution in [0.1, 0.15) is 18.4 Å². The molecule has 0 spiro atoms. The summed E-state index contributed by atoms with van der Waals surface area (Å²) in [6.45, 7) is 2.00. The highest BCUT2D eigenvalue weighted by atomic mass is 32.1. The Morgan fingerprint density at radius 2 is 1.93 bits per heavy atom. The van der Waals surface area contributed by atoms with Crippen LogP contribution in [0, 0.1) is 6.92 Å². The molecule has 1 aromatic carbocycles. The fraction of sp³-hybridized carbons (Fsp3) is 0.273. The molecule has 15 heavy (non-hydrogen) atoms. The SMILES string of the molecule is Cc1ccc(NC(=O)CCC(N)=S)cc1. The first-order valence-corrected chi connectivity index (χ1v) is 5.13. The molecular weight excluding hydrogens is 208 g/mol. The van der Waals surface area contributed by atoms with Crippen LogP contribution in [-0.2, 0) is 4.79 Å².